The highest BCUT2D eigenvalue weighted by molar-refractivity contribution is 7.85. The van der Waals surface area contributed by atoms with Gasteiger partial charge in [-0.15, -0.1) is 0 Å². The highest BCUT2D eigenvalue weighted by Gasteiger charge is 2.55. The zero-order chi connectivity index (χ0) is 43.1. The van der Waals surface area contributed by atoms with E-state index in [1.165, 1.54) is 0 Å². The van der Waals surface area contributed by atoms with Gasteiger partial charge in [0.1, 0.15) is 11.2 Å². The summed E-state index contributed by atoms with van der Waals surface area (Å²) in [6.45, 7) is 0. The molecule has 2 atom stereocenters. The number of para-hydroxylation sites is 3. The van der Waals surface area contributed by atoms with E-state index < -0.39 is 12.6 Å². The van der Waals surface area contributed by atoms with Crippen molar-refractivity contribution in [2.24, 2.45) is 0 Å². The van der Waals surface area contributed by atoms with Crippen molar-refractivity contribution in [3.8, 4) is 33.6 Å². The number of hydrogen-bond acceptors (Lipinski definition) is 6. The third kappa shape index (κ3) is 5.48. The van der Waals surface area contributed by atoms with Crippen LogP contribution >= 0.6 is 7.14 Å². The normalized spacial score (nSPS) is 17.1. The molecule has 4 aromatic heterocycles. The molecule has 7 heteroatoms. The van der Waals surface area contributed by atoms with E-state index in [4.69, 9.17) is 9.40 Å². The molecule has 0 amide bonds. The van der Waals surface area contributed by atoms with Gasteiger partial charge in [-0.1, -0.05) is 121 Å². The Kier molecular flexibility index (Phi) is 8.30. The number of fused-ring (bicyclic) bond motifs is 11. The van der Waals surface area contributed by atoms with Crippen molar-refractivity contribution in [2.45, 2.75) is 5.41 Å². The fourth-order valence-corrected chi connectivity index (χ4v) is 13.7. The summed E-state index contributed by atoms with van der Waals surface area (Å²) in [7, 11) is -3.50. The maximum absolute atomic E-state index is 16.7. The number of aromatic nitrogens is 3. The molecule has 0 N–H and O–H groups in total. The number of hydrogen-bond donors (Lipinski definition) is 0. The highest BCUT2D eigenvalue weighted by atomic mass is 31.2. The molecular weight excluding hydrogens is 816 g/mol. The van der Waals surface area contributed by atoms with E-state index in [2.05, 4.69) is 142 Å². The molecule has 6 heterocycles. The second-order valence-electron chi connectivity index (χ2n) is 16.7. The Morgan fingerprint density at radius 2 is 1.05 bits per heavy atom. The number of rotatable bonds is 5. The molecule has 13 rings (SSSR count). The molecule has 2 aliphatic heterocycles. The zero-order valence-corrected chi connectivity index (χ0v) is 35.8. The molecule has 0 radical (unpaired) electrons. The van der Waals surface area contributed by atoms with Gasteiger partial charge in [0.2, 0.25) is 0 Å². The van der Waals surface area contributed by atoms with Crippen LogP contribution in [0.25, 0.3) is 55.6 Å². The Bertz CT molecular complexity index is 3650. The third-order valence-electron chi connectivity index (χ3n) is 13.3. The largest absolute Gasteiger partial charge is 0.456 e. The molecule has 0 bridgehead atoms. The van der Waals surface area contributed by atoms with Crippen LogP contribution in [-0.4, -0.2) is 15.0 Å². The molecule has 2 unspecified atom stereocenters. The van der Waals surface area contributed by atoms with E-state index in [9.17, 15) is 0 Å². The van der Waals surface area contributed by atoms with Gasteiger partial charge in [-0.05, 0) is 112 Å². The van der Waals surface area contributed by atoms with Crippen molar-refractivity contribution in [2.75, 3.05) is 4.90 Å². The first kappa shape index (κ1) is 37.4. The summed E-state index contributed by atoms with van der Waals surface area (Å²) in [6, 6.07) is 69.6. The summed E-state index contributed by atoms with van der Waals surface area (Å²) < 4.78 is 23.4. The number of pyridine rings is 3. The third-order valence-corrected chi connectivity index (χ3v) is 16.5. The summed E-state index contributed by atoms with van der Waals surface area (Å²) in [4.78, 5) is 16.2. The van der Waals surface area contributed by atoms with Crippen LogP contribution in [0.1, 0.15) is 22.3 Å². The van der Waals surface area contributed by atoms with Crippen LogP contribution in [0.3, 0.4) is 0 Å². The van der Waals surface area contributed by atoms with Crippen LogP contribution in [0.4, 0.5) is 17.1 Å². The molecule has 11 aromatic rings. The first-order valence-electron chi connectivity index (χ1n) is 21.8. The molecule has 7 aromatic carbocycles. The van der Waals surface area contributed by atoms with E-state index in [1.54, 1.807) is 24.8 Å². The molecule has 2 aliphatic rings. The lowest BCUT2D eigenvalue weighted by molar-refractivity contribution is 0.590. The van der Waals surface area contributed by atoms with Gasteiger partial charge in [0, 0.05) is 68.3 Å². The Balaban J connectivity index is 1.16. The molecule has 0 aliphatic carbocycles. The zero-order valence-electron chi connectivity index (χ0n) is 34.9. The van der Waals surface area contributed by atoms with Crippen molar-refractivity contribution >= 4 is 62.1 Å². The first-order chi connectivity index (χ1) is 32.1. The minimum atomic E-state index is -3.50. The van der Waals surface area contributed by atoms with Crippen molar-refractivity contribution in [1.82, 2.24) is 15.0 Å². The van der Waals surface area contributed by atoms with E-state index in [0.717, 1.165) is 105 Å². The first-order valence-corrected chi connectivity index (χ1v) is 23.5. The molecular formula is C58H37N4O2P. The highest BCUT2D eigenvalue weighted by Crippen LogP contribution is 2.63. The Labute approximate surface area is 375 Å². The predicted octanol–water partition coefficient (Wildman–Crippen LogP) is 12.9. The van der Waals surface area contributed by atoms with E-state index in [0.29, 0.717) is 5.58 Å². The maximum Gasteiger partial charge on any atom is 0.171 e. The Morgan fingerprint density at radius 1 is 0.431 bits per heavy atom. The van der Waals surface area contributed by atoms with E-state index >= 15 is 4.57 Å². The summed E-state index contributed by atoms with van der Waals surface area (Å²) in [5.74, 6) is 0. The Hall–Kier alpha value is -8.18. The second kappa shape index (κ2) is 14.4. The van der Waals surface area contributed by atoms with Gasteiger partial charge in [-0.2, -0.15) is 0 Å². The molecule has 1 spiro atoms. The van der Waals surface area contributed by atoms with Crippen LogP contribution in [0.5, 0.6) is 0 Å². The lowest BCUT2D eigenvalue weighted by Gasteiger charge is -2.50. The van der Waals surface area contributed by atoms with Gasteiger partial charge in [0.25, 0.3) is 0 Å². The van der Waals surface area contributed by atoms with E-state index in [-0.39, 0.29) is 0 Å². The van der Waals surface area contributed by atoms with Crippen molar-refractivity contribution in [3.05, 3.63) is 247 Å². The van der Waals surface area contributed by atoms with Gasteiger partial charge in [0.05, 0.1) is 28.2 Å². The standard InChI is InChI=1S/C58H37N4O2P/c63-65(43-15-5-2-6-16-43)56-22-12-9-19-48(56)58(49-36-45-44-17-7-11-21-54(44)64-55(45)37-57(49)65)46-18-8-10-20-52(46)62(42-13-3-1-4-14-42)53-35-40(23-24-47(53)58)41-33-50(38-25-29-59-30-26-38)61-51(34-41)39-27-31-60-32-28-39/h1-37H. The van der Waals surface area contributed by atoms with Gasteiger partial charge in [-0.3, -0.25) is 9.97 Å². The van der Waals surface area contributed by atoms with Gasteiger partial charge in [-0.25, -0.2) is 4.98 Å². The second-order valence-corrected chi connectivity index (χ2v) is 19.4. The number of anilines is 3. The summed E-state index contributed by atoms with van der Waals surface area (Å²) in [5.41, 5.74) is 13.6. The molecule has 6 nitrogen and oxygen atoms in total. The Morgan fingerprint density at radius 3 is 1.78 bits per heavy atom. The lowest BCUT2D eigenvalue weighted by Crippen LogP contribution is -2.49. The quantitative estimate of drug-likeness (QED) is 0.161. The van der Waals surface area contributed by atoms with Crippen LogP contribution in [0, 0.1) is 0 Å². The maximum atomic E-state index is 16.7. The number of nitrogens with zero attached hydrogens (tertiary/aromatic N) is 4. The molecule has 0 saturated heterocycles. The van der Waals surface area contributed by atoms with Crippen molar-refractivity contribution in [1.29, 1.82) is 0 Å². The van der Waals surface area contributed by atoms with Crippen LogP contribution < -0.4 is 20.8 Å². The minimum Gasteiger partial charge on any atom is -0.456 e. The smallest absolute Gasteiger partial charge is 0.171 e. The average molecular weight is 853 g/mol. The average Bonchev–Trinajstić information content (AvgIpc) is 3.75. The van der Waals surface area contributed by atoms with Crippen molar-refractivity contribution < 1.29 is 8.98 Å². The van der Waals surface area contributed by atoms with Crippen molar-refractivity contribution in [3.63, 3.8) is 0 Å². The van der Waals surface area contributed by atoms with E-state index in [1.807, 2.05) is 72.8 Å². The SMILES string of the molecule is O=P1(c2ccccc2)c2ccccc2C2(c3ccccc3N(c3ccccc3)c3cc(-c4cc(-c5ccncc5)nc(-c5ccncc5)c4)ccc32)c2cc3c(cc21)oc1ccccc13. The predicted molar refractivity (Wildman–Crippen MR) is 263 cm³/mol. The fourth-order valence-electron chi connectivity index (χ4n) is 10.5. The minimum absolute atomic E-state index is 0.717. The number of furan rings is 1. The molecule has 0 fully saturated rings. The summed E-state index contributed by atoms with van der Waals surface area (Å²) in [6.07, 6.45) is 7.22. The topological polar surface area (TPSA) is 72.1 Å². The van der Waals surface area contributed by atoms with Crippen LogP contribution in [-0.2, 0) is 9.98 Å². The number of benzene rings is 7. The fraction of sp³-hybridized carbons (Fsp3) is 0.0172. The lowest BCUT2D eigenvalue weighted by atomic mass is 9.61. The molecule has 65 heavy (non-hydrogen) atoms. The van der Waals surface area contributed by atoms with Crippen LogP contribution in [0.15, 0.2) is 229 Å². The molecule has 0 saturated carbocycles. The molecule has 306 valence electrons. The summed E-state index contributed by atoms with van der Waals surface area (Å²) in [5, 5.41) is 4.41. The van der Waals surface area contributed by atoms with Crippen LogP contribution in [0.2, 0.25) is 0 Å². The van der Waals surface area contributed by atoms with Gasteiger partial charge >= 0.3 is 0 Å². The van der Waals surface area contributed by atoms with Gasteiger partial charge < -0.3 is 13.9 Å². The monoisotopic (exact) mass is 852 g/mol. The van der Waals surface area contributed by atoms with Gasteiger partial charge in [0.15, 0.2) is 7.14 Å². The summed E-state index contributed by atoms with van der Waals surface area (Å²) >= 11 is 0.